The highest BCUT2D eigenvalue weighted by molar-refractivity contribution is 6.89. The van der Waals surface area contributed by atoms with Crippen LogP contribution in [-0.2, 0) is 4.79 Å². The Labute approximate surface area is 87.2 Å². The van der Waals surface area contributed by atoms with Crippen molar-refractivity contribution in [3.8, 4) is 0 Å². The van der Waals surface area contributed by atoms with Gasteiger partial charge in [0.25, 0.3) is 0 Å². The molecule has 8 heteroatoms. The van der Waals surface area contributed by atoms with E-state index in [2.05, 4.69) is 9.98 Å². The molecule has 0 saturated carbocycles. The van der Waals surface area contributed by atoms with E-state index >= 15 is 0 Å². The van der Waals surface area contributed by atoms with Gasteiger partial charge in [-0.25, -0.2) is 9.59 Å². The Bertz CT molecular complexity index is 263. The van der Waals surface area contributed by atoms with Gasteiger partial charge in [0.2, 0.25) is 9.87 Å². The second-order valence-electron chi connectivity index (χ2n) is 1.39. The molecule has 0 N–H and O–H groups in total. The lowest BCUT2D eigenvalue weighted by Crippen LogP contribution is -2.13. The Kier molecular flexibility index (Phi) is 4.75. The van der Waals surface area contributed by atoms with Crippen molar-refractivity contribution >= 4 is 63.7 Å². The highest BCUT2D eigenvalue weighted by Crippen LogP contribution is 2.29. The van der Waals surface area contributed by atoms with E-state index in [1.807, 2.05) is 0 Å². The van der Waals surface area contributed by atoms with Crippen molar-refractivity contribution in [1.82, 2.24) is 0 Å². The summed E-state index contributed by atoms with van der Waals surface area (Å²) in [4.78, 5) is 25.5. The van der Waals surface area contributed by atoms with Gasteiger partial charge in [-0.3, -0.25) is 0 Å². The first-order valence-corrected chi connectivity index (χ1v) is 3.82. The molecule has 0 spiro atoms. The zero-order chi connectivity index (χ0) is 9.78. The SMILES string of the molecule is O=C=NC(=O)N=C(Cl)C(Cl)(Cl)Cl. The molecule has 0 aliphatic carbocycles. The van der Waals surface area contributed by atoms with E-state index in [0.717, 1.165) is 6.08 Å². The van der Waals surface area contributed by atoms with Gasteiger partial charge in [-0.05, 0) is 0 Å². The van der Waals surface area contributed by atoms with Crippen LogP contribution in [0.1, 0.15) is 0 Å². The fraction of sp³-hybridized carbons (Fsp3) is 0.250. The highest BCUT2D eigenvalue weighted by atomic mass is 35.6. The van der Waals surface area contributed by atoms with Crippen LogP contribution in [0.2, 0.25) is 0 Å². The van der Waals surface area contributed by atoms with Gasteiger partial charge in [0.15, 0.2) is 5.17 Å². The standard InChI is InChI=1S/C4Cl4N2O2/c5-2(4(6,7)8)10-3(12)9-1-11. The minimum absolute atomic E-state index is 0.587. The van der Waals surface area contributed by atoms with Crippen LogP contribution in [0.3, 0.4) is 0 Å². The second kappa shape index (κ2) is 4.80. The van der Waals surface area contributed by atoms with E-state index in [4.69, 9.17) is 46.4 Å². The molecule has 2 amide bonds. The lowest BCUT2D eigenvalue weighted by molar-refractivity contribution is 0.257. The number of amides is 2. The van der Waals surface area contributed by atoms with E-state index < -0.39 is 15.0 Å². The summed E-state index contributed by atoms with van der Waals surface area (Å²) in [5, 5.41) is -0.587. The number of hydrogen-bond donors (Lipinski definition) is 0. The molecule has 0 rings (SSSR count). The number of aliphatic imine (C=N–C) groups is 2. The van der Waals surface area contributed by atoms with E-state index in [-0.39, 0.29) is 0 Å². The number of nitrogens with zero attached hydrogens (tertiary/aromatic N) is 2. The molecule has 0 aromatic rings. The van der Waals surface area contributed by atoms with E-state index in [1.165, 1.54) is 0 Å². The summed E-state index contributed by atoms with van der Waals surface area (Å²) in [6, 6.07) is -1.18. The number of hydrogen-bond acceptors (Lipinski definition) is 2. The van der Waals surface area contributed by atoms with E-state index in [0.29, 0.717) is 0 Å². The zero-order valence-corrected chi connectivity index (χ0v) is 8.25. The van der Waals surface area contributed by atoms with Crippen LogP contribution in [0.5, 0.6) is 0 Å². The van der Waals surface area contributed by atoms with Gasteiger partial charge in [-0.1, -0.05) is 46.4 Å². The zero-order valence-electron chi connectivity index (χ0n) is 5.22. The monoisotopic (exact) mass is 248 g/mol. The minimum Gasteiger partial charge on any atom is -0.243 e. The van der Waals surface area contributed by atoms with Crippen molar-refractivity contribution in [2.75, 3.05) is 0 Å². The number of rotatable bonds is 0. The Morgan fingerprint density at radius 1 is 1.33 bits per heavy atom. The summed E-state index contributed by atoms with van der Waals surface area (Å²) in [6.07, 6.45) is 0.955. The Hall–Kier alpha value is -0.120. The first kappa shape index (κ1) is 11.9. The molecule has 0 fully saturated rings. The van der Waals surface area contributed by atoms with Crippen LogP contribution in [0.15, 0.2) is 9.98 Å². The summed E-state index contributed by atoms with van der Waals surface area (Å²) in [7, 11) is 0. The number of isocyanates is 1. The highest BCUT2D eigenvalue weighted by Gasteiger charge is 2.27. The molecule has 4 nitrogen and oxygen atoms in total. The van der Waals surface area contributed by atoms with Crippen molar-refractivity contribution in [3.05, 3.63) is 0 Å². The molecule has 0 aromatic carbocycles. The third-order valence-corrected chi connectivity index (χ3v) is 1.76. The van der Waals surface area contributed by atoms with Crippen molar-refractivity contribution in [1.29, 1.82) is 0 Å². The van der Waals surface area contributed by atoms with Crippen LogP contribution in [-0.4, -0.2) is 21.1 Å². The summed E-state index contributed by atoms with van der Waals surface area (Å²) >= 11 is 20.8. The second-order valence-corrected chi connectivity index (χ2v) is 4.03. The number of halogens is 4. The number of alkyl halides is 3. The summed E-state index contributed by atoms with van der Waals surface area (Å²) in [5.41, 5.74) is 0. The molecule has 0 aromatic heterocycles. The maximum atomic E-state index is 10.4. The van der Waals surface area contributed by atoms with Crippen LogP contribution in [0.4, 0.5) is 4.79 Å². The van der Waals surface area contributed by atoms with Crippen molar-refractivity contribution < 1.29 is 9.59 Å². The van der Waals surface area contributed by atoms with Gasteiger partial charge in [0.05, 0.1) is 0 Å². The number of carbonyl (C=O) groups excluding carboxylic acids is 2. The number of carbonyl (C=O) groups is 1. The molecule has 0 bridgehead atoms. The van der Waals surface area contributed by atoms with E-state index in [1.54, 1.807) is 0 Å². The van der Waals surface area contributed by atoms with Gasteiger partial charge >= 0.3 is 6.03 Å². The van der Waals surface area contributed by atoms with Crippen molar-refractivity contribution in [2.24, 2.45) is 9.98 Å². The minimum atomic E-state index is -1.99. The third-order valence-electron chi connectivity index (χ3n) is 0.569. The predicted molar refractivity (Wildman–Crippen MR) is 47.1 cm³/mol. The Balaban J connectivity index is 4.58. The molecule has 0 aliphatic heterocycles. The summed E-state index contributed by atoms with van der Waals surface area (Å²) in [6.45, 7) is 0. The maximum absolute atomic E-state index is 10.4. The molecule has 0 saturated heterocycles. The average Bonchev–Trinajstić information content (AvgIpc) is 1.85. The topological polar surface area (TPSA) is 58.9 Å². The molecule has 0 heterocycles. The third kappa shape index (κ3) is 4.70. The smallest absolute Gasteiger partial charge is 0.243 e. The Morgan fingerprint density at radius 2 is 1.83 bits per heavy atom. The van der Waals surface area contributed by atoms with Crippen LogP contribution in [0, 0.1) is 0 Å². The molecular weight excluding hydrogens is 250 g/mol. The molecule has 0 radical (unpaired) electrons. The molecule has 0 aliphatic rings. The molecule has 12 heavy (non-hydrogen) atoms. The van der Waals surface area contributed by atoms with Crippen molar-refractivity contribution in [3.63, 3.8) is 0 Å². The van der Waals surface area contributed by atoms with Gasteiger partial charge in [0, 0.05) is 0 Å². The quantitative estimate of drug-likeness (QED) is 0.376. The maximum Gasteiger partial charge on any atom is 0.379 e. The average molecular weight is 250 g/mol. The number of urea groups is 1. The van der Waals surface area contributed by atoms with Gasteiger partial charge in [-0.2, -0.15) is 4.99 Å². The fourth-order valence-corrected chi connectivity index (χ4v) is 0.410. The lowest BCUT2D eigenvalue weighted by atomic mass is 10.8. The molecule has 0 atom stereocenters. The first-order valence-electron chi connectivity index (χ1n) is 2.31. The van der Waals surface area contributed by atoms with Crippen LogP contribution in [0.25, 0.3) is 0 Å². The molecule has 0 unspecified atom stereocenters. The van der Waals surface area contributed by atoms with Crippen molar-refractivity contribution in [2.45, 2.75) is 3.79 Å². The van der Waals surface area contributed by atoms with Gasteiger partial charge in [-0.15, -0.1) is 4.99 Å². The van der Waals surface area contributed by atoms with E-state index in [9.17, 15) is 9.59 Å². The fourth-order valence-electron chi connectivity index (χ4n) is 0.211. The Morgan fingerprint density at radius 3 is 2.17 bits per heavy atom. The van der Waals surface area contributed by atoms with Gasteiger partial charge in [0.1, 0.15) is 0 Å². The normalized spacial score (nSPS) is 12.2. The van der Waals surface area contributed by atoms with Gasteiger partial charge < -0.3 is 0 Å². The summed E-state index contributed by atoms with van der Waals surface area (Å²) < 4.78 is -1.99. The van der Waals surface area contributed by atoms with Crippen LogP contribution < -0.4 is 0 Å². The first-order chi connectivity index (χ1) is 5.38. The molecule has 66 valence electrons. The van der Waals surface area contributed by atoms with Crippen LogP contribution >= 0.6 is 46.4 Å². The largest absolute Gasteiger partial charge is 0.379 e. The molecular formula is C4Cl4N2O2. The lowest BCUT2D eigenvalue weighted by Gasteiger charge is -2.05. The summed E-state index contributed by atoms with van der Waals surface area (Å²) in [5.74, 6) is 0. The predicted octanol–water partition coefficient (Wildman–Crippen LogP) is 2.45.